The van der Waals surface area contributed by atoms with Crippen molar-refractivity contribution in [1.29, 1.82) is 0 Å². The van der Waals surface area contributed by atoms with Gasteiger partial charge in [0, 0.05) is 10.6 Å². The summed E-state index contributed by atoms with van der Waals surface area (Å²) >= 11 is 1.32. The maximum atomic E-state index is 12.2. The first-order valence-corrected chi connectivity index (χ1v) is 9.81. The van der Waals surface area contributed by atoms with Gasteiger partial charge in [-0.15, -0.1) is 11.8 Å². The molecule has 0 fully saturated rings. The monoisotopic (exact) mass is 398 g/mol. The maximum absolute atomic E-state index is 12.2. The molecule has 0 radical (unpaired) electrons. The van der Waals surface area contributed by atoms with Gasteiger partial charge < -0.3 is 15.4 Å². The number of rotatable bonds is 5. The van der Waals surface area contributed by atoms with Crippen LogP contribution in [-0.4, -0.2) is 29.6 Å². The lowest BCUT2D eigenvalue weighted by atomic mass is 10.1. The topological polar surface area (TPSA) is 84.5 Å². The van der Waals surface area contributed by atoms with E-state index in [1.165, 1.54) is 11.8 Å². The van der Waals surface area contributed by atoms with E-state index in [0.717, 1.165) is 33.0 Å². The fourth-order valence-corrected chi connectivity index (χ4v) is 4.23. The van der Waals surface area contributed by atoms with Crippen LogP contribution in [-0.2, 0) is 19.1 Å². The Kier molecular flexibility index (Phi) is 6.04. The van der Waals surface area contributed by atoms with Crippen molar-refractivity contribution in [3.05, 3.63) is 53.1 Å². The van der Waals surface area contributed by atoms with Crippen molar-refractivity contribution < 1.29 is 19.1 Å². The number of carbonyl (C=O) groups is 3. The normalized spacial score (nSPS) is 15.4. The van der Waals surface area contributed by atoms with E-state index < -0.39 is 17.1 Å². The van der Waals surface area contributed by atoms with Crippen LogP contribution in [0.2, 0.25) is 0 Å². The summed E-state index contributed by atoms with van der Waals surface area (Å²) < 4.78 is 5.07. The fraction of sp³-hybridized carbons (Fsp3) is 0.286. The fourth-order valence-electron chi connectivity index (χ4n) is 3.14. The zero-order chi connectivity index (χ0) is 20.3. The van der Waals surface area contributed by atoms with Gasteiger partial charge in [-0.25, -0.2) is 0 Å². The number of hydrogen-bond acceptors (Lipinski definition) is 5. The van der Waals surface area contributed by atoms with Gasteiger partial charge in [-0.1, -0.05) is 29.8 Å². The Bertz CT molecular complexity index is 919. The molecule has 2 aromatic carbocycles. The summed E-state index contributed by atoms with van der Waals surface area (Å²) in [5, 5.41) is 4.99. The van der Waals surface area contributed by atoms with E-state index in [9.17, 15) is 14.4 Å². The highest BCUT2D eigenvalue weighted by Gasteiger charge is 2.29. The first-order valence-electron chi connectivity index (χ1n) is 8.93. The van der Waals surface area contributed by atoms with Crippen molar-refractivity contribution in [2.45, 2.75) is 37.3 Å². The van der Waals surface area contributed by atoms with Crippen molar-refractivity contribution in [2.75, 3.05) is 17.2 Å². The Balaban J connectivity index is 1.52. The van der Waals surface area contributed by atoms with Gasteiger partial charge in [-0.3, -0.25) is 14.4 Å². The molecule has 3 rings (SSSR count). The zero-order valence-electron chi connectivity index (χ0n) is 16.0. The predicted octanol–water partition coefficient (Wildman–Crippen LogP) is 3.60. The standard InChI is InChI=1S/C21H22N2O4S/c1-12-8-13(2)20(14(3)9-12)23-18(24)11-27-19(25)10-17-21(26)22-15-6-4-5-7-16(15)28-17/h4-9,17H,10-11H2,1-3H3,(H,22,26)(H,23,24)/t17-/m1/s1. The summed E-state index contributed by atoms with van der Waals surface area (Å²) in [7, 11) is 0. The van der Waals surface area contributed by atoms with E-state index in [-0.39, 0.29) is 18.9 Å². The quantitative estimate of drug-likeness (QED) is 0.752. The molecular weight excluding hydrogens is 376 g/mol. The third kappa shape index (κ3) is 4.72. The number of benzene rings is 2. The molecule has 28 heavy (non-hydrogen) atoms. The summed E-state index contributed by atoms with van der Waals surface area (Å²) in [5.41, 5.74) is 4.48. The van der Waals surface area contributed by atoms with Crippen molar-refractivity contribution in [3.8, 4) is 0 Å². The van der Waals surface area contributed by atoms with Crippen molar-refractivity contribution >= 4 is 40.9 Å². The summed E-state index contributed by atoms with van der Waals surface area (Å²) in [5.74, 6) is -1.23. The molecule has 2 aromatic rings. The summed E-state index contributed by atoms with van der Waals surface area (Å²) in [6, 6.07) is 11.4. The van der Waals surface area contributed by atoms with E-state index >= 15 is 0 Å². The van der Waals surface area contributed by atoms with Gasteiger partial charge in [0.1, 0.15) is 0 Å². The van der Waals surface area contributed by atoms with Crippen LogP contribution in [0, 0.1) is 20.8 Å². The second-order valence-electron chi connectivity index (χ2n) is 6.78. The molecule has 6 nitrogen and oxygen atoms in total. The minimum Gasteiger partial charge on any atom is -0.456 e. The Labute approximate surface area is 168 Å². The average molecular weight is 398 g/mol. The Morgan fingerprint density at radius 1 is 1.14 bits per heavy atom. The summed E-state index contributed by atoms with van der Waals surface area (Å²) in [6.07, 6.45) is -0.0965. The molecule has 2 N–H and O–H groups in total. The molecule has 146 valence electrons. The van der Waals surface area contributed by atoms with E-state index in [1.807, 2.05) is 57.2 Å². The first-order chi connectivity index (χ1) is 13.3. The number of carbonyl (C=O) groups excluding carboxylic acids is 3. The summed E-state index contributed by atoms with van der Waals surface area (Å²) in [6.45, 7) is 5.43. The number of thioether (sulfide) groups is 1. The maximum Gasteiger partial charge on any atom is 0.307 e. The van der Waals surface area contributed by atoms with Gasteiger partial charge in [-0.05, 0) is 44.0 Å². The Hall–Kier alpha value is -2.80. The smallest absolute Gasteiger partial charge is 0.307 e. The largest absolute Gasteiger partial charge is 0.456 e. The molecule has 1 aliphatic rings. The molecule has 1 atom stereocenters. The zero-order valence-corrected chi connectivity index (χ0v) is 16.8. The highest BCUT2D eigenvalue weighted by molar-refractivity contribution is 8.01. The molecule has 7 heteroatoms. The molecule has 0 aromatic heterocycles. The number of amides is 2. The minimum atomic E-state index is -0.584. The molecule has 0 spiro atoms. The number of hydrogen-bond donors (Lipinski definition) is 2. The van der Waals surface area contributed by atoms with Gasteiger partial charge >= 0.3 is 5.97 Å². The predicted molar refractivity (Wildman–Crippen MR) is 110 cm³/mol. The SMILES string of the molecule is Cc1cc(C)c(NC(=O)COC(=O)C[C@H]2Sc3ccccc3NC2=O)c(C)c1. The number of ether oxygens (including phenoxy) is 1. The third-order valence-electron chi connectivity index (χ3n) is 4.36. The molecular formula is C21H22N2O4S. The van der Waals surface area contributed by atoms with Crippen molar-refractivity contribution in [2.24, 2.45) is 0 Å². The molecule has 0 aliphatic carbocycles. The van der Waals surface area contributed by atoms with Crippen LogP contribution < -0.4 is 10.6 Å². The first kappa shape index (κ1) is 19.9. The lowest BCUT2D eigenvalue weighted by Gasteiger charge is -2.23. The van der Waals surface area contributed by atoms with Crippen LogP contribution in [0.5, 0.6) is 0 Å². The van der Waals surface area contributed by atoms with Gasteiger partial charge in [-0.2, -0.15) is 0 Å². The van der Waals surface area contributed by atoms with Crippen LogP contribution in [0.1, 0.15) is 23.1 Å². The van der Waals surface area contributed by atoms with Crippen LogP contribution in [0.3, 0.4) is 0 Å². The second-order valence-corrected chi connectivity index (χ2v) is 8.02. The Morgan fingerprint density at radius 2 is 1.82 bits per heavy atom. The van der Waals surface area contributed by atoms with E-state index in [2.05, 4.69) is 10.6 Å². The van der Waals surface area contributed by atoms with Crippen LogP contribution >= 0.6 is 11.8 Å². The van der Waals surface area contributed by atoms with Gasteiger partial charge in [0.15, 0.2) is 6.61 Å². The number of anilines is 2. The van der Waals surface area contributed by atoms with Gasteiger partial charge in [0.05, 0.1) is 17.4 Å². The van der Waals surface area contributed by atoms with Crippen LogP contribution in [0.25, 0.3) is 0 Å². The van der Waals surface area contributed by atoms with E-state index in [0.29, 0.717) is 0 Å². The summed E-state index contributed by atoms with van der Waals surface area (Å²) in [4.78, 5) is 37.3. The Morgan fingerprint density at radius 3 is 2.54 bits per heavy atom. The molecule has 1 aliphatic heterocycles. The lowest BCUT2D eigenvalue weighted by Crippen LogP contribution is -2.32. The van der Waals surface area contributed by atoms with Gasteiger partial charge in [0.25, 0.3) is 5.91 Å². The van der Waals surface area contributed by atoms with Crippen molar-refractivity contribution in [1.82, 2.24) is 0 Å². The van der Waals surface area contributed by atoms with E-state index in [4.69, 9.17) is 4.74 Å². The highest BCUT2D eigenvalue weighted by atomic mass is 32.2. The average Bonchev–Trinajstić information content (AvgIpc) is 2.63. The third-order valence-corrected chi connectivity index (χ3v) is 5.64. The molecule has 0 saturated carbocycles. The molecule has 0 saturated heterocycles. The van der Waals surface area contributed by atoms with Crippen molar-refractivity contribution in [3.63, 3.8) is 0 Å². The molecule has 1 heterocycles. The number of esters is 1. The van der Waals surface area contributed by atoms with Crippen LogP contribution in [0.15, 0.2) is 41.3 Å². The van der Waals surface area contributed by atoms with E-state index in [1.54, 1.807) is 0 Å². The minimum absolute atomic E-state index is 0.0965. The number of aryl methyl sites for hydroxylation is 3. The van der Waals surface area contributed by atoms with Gasteiger partial charge in [0.2, 0.25) is 5.91 Å². The highest BCUT2D eigenvalue weighted by Crippen LogP contribution is 2.36. The molecule has 0 bridgehead atoms. The molecule has 2 amide bonds. The number of para-hydroxylation sites is 1. The number of fused-ring (bicyclic) bond motifs is 1. The lowest BCUT2D eigenvalue weighted by molar-refractivity contribution is -0.147. The second kappa shape index (κ2) is 8.48. The number of nitrogens with one attached hydrogen (secondary N) is 2. The van der Waals surface area contributed by atoms with Crippen LogP contribution in [0.4, 0.5) is 11.4 Å². The molecule has 0 unspecified atom stereocenters.